The van der Waals surface area contributed by atoms with Crippen LogP contribution in [0.2, 0.25) is 5.02 Å². The molecule has 0 saturated carbocycles. The van der Waals surface area contributed by atoms with E-state index in [0.29, 0.717) is 19.1 Å². The van der Waals surface area contributed by atoms with Crippen LogP contribution in [0.5, 0.6) is 0 Å². The number of aromatic nitrogens is 3. The third-order valence-electron chi connectivity index (χ3n) is 2.89. The Morgan fingerprint density at radius 3 is 2.84 bits per heavy atom. The molecule has 19 heavy (non-hydrogen) atoms. The summed E-state index contributed by atoms with van der Waals surface area (Å²) in [6, 6.07) is 6.50. The van der Waals surface area contributed by atoms with Crippen LogP contribution in [-0.4, -0.2) is 20.8 Å². The Labute approximate surface area is 118 Å². The maximum Gasteiger partial charge on any atom is 0.141 e. The van der Waals surface area contributed by atoms with Crippen molar-refractivity contribution in [1.82, 2.24) is 20.1 Å². The van der Waals surface area contributed by atoms with Gasteiger partial charge in [-0.25, -0.2) is 9.67 Å². The van der Waals surface area contributed by atoms with Crippen molar-refractivity contribution in [3.8, 4) is 0 Å². The molecule has 1 N–H and O–H groups in total. The maximum atomic E-state index is 6.25. The van der Waals surface area contributed by atoms with E-state index in [1.165, 1.54) is 0 Å². The lowest BCUT2D eigenvalue weighted by Gasteiger charge is -2.10. The minimum Gasteiger partial charge on any atom is -0.308 e. The third-order valence-corrected chi connectivity index (χ3v) is 3.24. The summed E-state index contributed by atoms with van der Waals surface area (Å²) in [5.41, 5.74) is 2.22. The van der Waals surface area contributed by atoms with Gasteiger partial charge in [0.2, 0.25) is 0 Å². The van der Waals surface area contributed by atoms with Gasteiger partial charge >= 0.3 is 0 Å². The van der Waals surface area contributed by atoms with E-state index in [4.69, 9.17) is 11.6 Å². The van der Waals surface area contributed by atoms with E-state index in [-0.39, 0.29) is 0 Å². The van der Waals surface area contributed by atoms with E-state index in [1.807, 2.05) is 23.7 Å². The Bertz CT molecular complexity index is 548. The third kappa shape index (κ3) is 3.78. The van der Waals surface area contributed by atoms with Crippen molar-refractivity contribution in [3.05, 3.63) is 46.5 Å². The van der Waals surface area contributed by atoms with Crippen molar-refractivity contribution in [2.24, 2.45) is 0 Å². The van der Waals surface area contributed by atoms with Crippen molar-refractivity contribution < 1.29 is 0 Å². The topological polar surface area (TPSA) is 42.7 Å². The van der Waals surface area contributed by atoms with Gasteiger partial charge in [-0.2, -0.15) is 5.10 Å². The summed E-state index contributed by atoms with van der Waals surface area (Å²) in [7, 11) is 0. The first-order chi connectivity index (χ1) is 9.06. The molecule has 1 heterocycles. The smallest absolute Gasteiger partial charge is 0.141 e. The highest BCUT2D eigenvalue weighted by atomic mass is 35.5. The summed E-state index contributed by atoms with van der Waals surface area (Å²) in [4.78, 5) is 4.28. The number of nitrogens with one attached hydrogen (secondary N) is 1. The molecule has 1 aromatic carbocycles. The lowest BCUT2D eigenvalue weighted by Crippen LogP contribution is -2.24. The zero-order chi connectivity index (χ0) is 13.8. The van der Waals surface area contributed by atoms with Crippen molar-refractivity contribution in [2.75, 3.05) is 0 Å². The van der Waals surface area contributed by atoms with Crippen LogP contribution in [0.1, 0.15) is 30.8 Å². The molecule has 5 heteroatoms. The minimum atomic E-state index is 0.424. The highest BCUT2D eigenvalue weighted by molar-refractivity contribution is 6.31. The van der Waals surface area contributed by atoms with Crippen LogP contribution in [0.25, 0.3) is 0 Å². The van der Waals surface area contributed by atoms with Gasteiger partial charge in [0.25, 0.3) is 0 Å². The summed E-state index contributed by atoms with van der Waals surface area (Å²) in [6.07, 6.45) is 1.58. The van der Waals surface area contributed by atoms with Gasteiger partial charge in [0, 0.05) is 11.1 Å². The largest absolute Gasteiger partial charge is 0.308 e. The van der Waals surface area contributed by atoms with Gasteiger partial charge in [0.1, 0.15) is 12.2 Å². The normalized spacial score (nSPS) is 11.2. The number of aryl methyl sites for hydroxylation is 1. The van der Waals surface area contributed by atoms with Gasteiger partial charge in [0.15, 0.2) is 0 Å². The van der Waals surface area contributed by atoms with E-state index in [1.54, 1.807) is 6.33 Å². The molecule has 0 unspecified atom stereocenters. The first-order valence-corrected chi connectivity index (χ1v) is 6.79. The molecular formula is C14H19ClN4. The van der Waals surface area contributed by atoms with Crippen molar-refractivity contribution in [3.63, 3.8) is 0 Å². The molecule has 2 aromatic rings. The number of halogens is 1. The van der Waals surface area contributed by atoms with E-state index < -0.39 is 0 Å². The quantitative estimate of drug-likeness (QED) is 0.914. The summed E-state index contributed by atoms with van der Waals surface area (Å²) < 4.78 is 1.88. The number of benzene rings is 1. The molecule has 4 nitrogen and oxygen atoms in total. The molecule has 0 saturated heterocycles. The zero-order valence-electron chi connectivity index (χ0n) is 11.5. The van der Waals surface area contributed by atoms with Crippen LogP contribution in [0.4, 0.5) is 0 Å². The molecule has 0 radical (unpaired) electrons. The van der Waals surface area contributed by atoms with Gasteiger partial charge < -0.3 is 5.32 Å². The van der Waals surface area contributed by atoms with Gasteiger partial charge in [-0.05, 0) is 24.1 Å². The summed E-state index contributed by atoms with van der Waals surface area (Å²) >= 11 is 6.25. The van der Waals surface area contributed by atoms with E-state index in [9.17, 15) is 0 Å². The van der Waals surface area contributed by atoms with Gasteiger partial charge in [-0.1, -0.05) is 37.6 Å². The van der Waals surface area contributed by atoms with Crippen LogP contribution < -0.4 is 5.32 Å². The second kappa shape index (κ2) is 6.17. The summed E-state index contributed by atoms with van der Waals surface area (Å²) in [5.74, 6) is 0.922. The van der Waals surface area contributed by atoms with Gasteiger partial charge in [0.05, 0.1) is 13.1 Å². The van der Waals surface area contributed by atoms with E-state index in [2.05, 4.69) is 35.3 Å². The molecule has 0 aliphatic heterocycles. The molecule has 0 amide bonds. The fourth-order valence-electron chi connectivity index (χ4n) is 1.79. The number of nitrogens with zero attached hydrogens (tertiary/aromatic N) is 3. The second-order valence-corrected chi connectivity index (χ2v) is 5.37. The van der Waals surface area contributed by atoms with Crippen molar-refractivity contribution in [1.29, 1.82) is 0 Å². The van der Waals surface area contributed by atoms with E-state index in [0.717, 1.165) is 22.0 Å². The Morgan fingerprint density at radius 2 is 2.16 bits per heavy atom. The van der Waals surface area contributed by atoms with Crippen molar-refractivity contribution in [2.45, 2.75) is 39.9 Å². The molecule has 0 spiro atoms. The molecule has 1 aromatic heterocycles. The minimum absolute atomic E-state index is 0.424. The van der Waals surface area contributed by atoms with Crippen LogP contribution in [0.3, 0.4) is 0 Å². The van der Waals surface area contributed by atoms with Crippen LogP contribution in [0, 0.1) is 6.92 Å². The highest BCUT2D eigenvalue weighted by Crippen LogP contribution is 2.18. The van der Waals surface area contributed by atoms with Crippen LogP contribution in [0.15, 0.2) is 24.5 Å². The van der Waals surface area contributed by atoms with Crippen molar-refractivity contribution >= 4 is 11.6 Å². The number of rotatable bonds is 5. The monoisotopic (exact) mass is 278 g/mol. The predicted octanol–water partition coefficient (Wildman–Crippen LogP) is 2.79. The van der Waals surface area contributed by atoms with Crippen LogP contribution >= 0.6 is 11.6 Å². The Balaban J connectivity index is 2.12. The SMILES string of the molecule is Cc1ccc(Cn2ncnc2CNC(C)C)c(Cl)c1. The molecule has 2 rings (SSSR count). The lowest BCUT2D eigenvalue weighted by atomic mass is 10.1. The Kier molecular flexibility index (Phi) is 4.56. The van der Waals surface area contributed by atoms with Crippen LogP contribution in [-0.2, 0) is 13.1 Å². The average molecular weight is 279 g/mol. The maximum absolute atomic E-state index is 6.25. The summed E-state index contributed by atoms with van der Waals surface area (Å²) in [5, 5.41) is 8.38. The molecule has 102 valence electrons. The highest BCUT2D eigenvalue weighted by Gasteiger charge is 2.08. The molecular weight excluding hydrogens is 260 g/mol. The molecule has 0 fully saturated rings. The fraction of sp³-hybridized carbons (Fsp3) is 0.429. The number of hydrogen-bond acceptors (Lipinski definition) is 3. The second-order valence-electron chi connectivity index (χ2n) is 4.96. The number of hydrogen-bond donors (Lipinski definition) is 1. The predicted molar refractivity (Wildman–Crippen MR) is 77.3 cm³/mol. The lowest BCUT2D eigenvalue weighted by molar-refractivity contribution is 0.539. The standard InChI is InChI=1S/C14H19ClN4/c1-10(2)16-7-14-17-9-18-19(14)8-12-5-4-11(3)6-13(12)15/h4-6,9-10,16H,7-8H2,1-3H3. The first kappa shape index (κ1) is 14.0. The summed E-state index contributed by atoms with van der Waals surface area (Å²) in [6.45, 7) is 7.60. The fourth-order valence-corrected chi connectivity index (χ4v) is 2.09. The Morgan fingerprint density at radius 1 is 1.37 bits per heavy atom. The molecule has 0 aliphatic carbocycles. The molecule has 0 bridgehead atoms. The average Bonchev–Trinajstić information content (AvgIpc) is 2.77. The Hall–Kier alpha value is -1.39. The van der Waals surface area contributed by atoms with Gasteiger partial charge in [-0.3, -0.25) is 0 Å². The van der Waals surface area contributed by atoms with E-state index >= 15 is 0 Å². The zero-order valence-corrected chi connectivity index (χ0v) is 12.3. The first-order valence-electron chi connectivity index (χ1n) is 6.41. The van der Waals surface area contributed by atoms with Gasteiger partial charge in [-0.15, -0.1) is 0 Å². The molecule has 0 atom stereocenters. The molecule has 0 aliphatic rings.